The molecule has 0 heterocycles. The van der Waals surface area contributed by atoms with Gasteiger partial charge in [-0.2, -0.15) is 0 Å². The Bertz CT molecular complexity index is 208. The summed E-state index contributed by atoms with van der Waals surface area (Å²) in [5, 5.41) is 0.754. The molecule has 1 aromatic carbocycles. The molecule has 0 spiro atoms. The van der Waals surface area contributed by atoms with Crippen molar-refractivity contribution in [1.82, 2.24) is 0 Å². The van der Waals surface area contributed by atoms with Crippen LogP contribution in [0.2, 0.25) is 5.02 Å². The largest absolute Gasteiger partial charge is 0.324 e. The van der Waals surface area contributed by atoms with Crippen LogP contribution in [0.5, 0.6) is 0 Å². The molecule has 0 bridgehead atoms. The van der Waals surface area contributed by atoms with Crippen molar-refractivity contribution in [2.24, 2.45) is 5.73 Å². The minimum atomic E-state index is 0. The SMILES string of the molecule is Br.CC(N)c1ccc(Cl)cc1. The van der Waals surface area contributed by atoms with Crippen LogP contribution in [-0.2, 0) is 0 Å². The molecule has 0 saturated carbocycles. The smallest absolute Gasteiger partial charge is 0.0406 e. The van der Waals surface area contributed by atoms with Gasteiger partial charge in [0.2, 0.25) is 0 Å². The lowest BCUT2D eigenvalue weighted by Gasteiger charge is -2.03. The van der Waals surface area contributed by atoms with Gasteiger partial charge < -0.3 is 5.73 Å². The Morgan fingerprint density at radius 3 is 2.09 bits per heavy atom. The molecule has 0 aliphatic carbocycles. The van der Waals surface area contributed by atoms with Gasteiger partial charge in [-0.3, -0.25) is 0 Å². The van der Waals surface area contributed by atoms with E-state index in [4.69, 9.17) is 17.3 Å². The molecule has 0 saturated heterocycles. The number of rotatable bonds is 1. The molecule has 2 N–H and O–H groups in total. The second-order valence-electron chi connectivity index (χ2n) is 2.34. The molecule has 1 rings (SSSR count). The van der Waals surface area contributed by atoms with E-state index in [1.165, 1.54) is 0 Å². The molecule has 0 aliphatic heterocycles. The minimum absolute atomic E-state index is 0. The summed E-state index contributed by atoms with van der Waals surface area (Å²) in [5.41, 5.74) is 6.74. The van der Waals surface area contributed by atoms with Crippen molar-refractivity contribution in [2.45, 2.75) is 13.0 Å². The van der Waals surface area contributed by atoms with Crippen molar-refractivity contribution >= 4 is 28.6 Å². The summed E-state index contributed by atoms with van der Waals surface area (Å²) in [5.74, 6) is 0. The summed E-state index contributed by atoms with van der Waals surface area (Å²) in [6, 6.07) is 7.66. The van der Waals surface area contributed by atoms with Crippen molar-refractivity contribution in [3.63, 3.8) is 0 Å². The highest BCUT2D eigenvalue weighted by Gasteiger charge is 1.96. The lowest BCUT2D eigenvalue weighted by molar-refractivity contribution is 0.818. The fourth-order valence-corrected chi connectivity index (χ4v) is 0.892. The third-order valence-electron chi connectivity index (χ3n) is 1.40. The van der Waals surface area contributed by atoms with Crippen LogP contribution in [0.25, 0.3) is 0 Å². The van der Waals surface area contributed by atoms with Gasteiger partial charge in [0, 0.05) is 11.1 Å². The van der Waals surface area contributed by atoms with Crippen molar-refractivity contribution in [1.29, 1.82) is 0 Å². The standard InChI is InChI=1S/C8H10ClN.BrH/c1-6(10)7-2-4-8(9)5-3-7;/h2-6H,10H2,1H3;1H. The Labute approximate surface area is 82.3 Å². The van der Waals surface area contributed by atoms with Crippen LogP contribution >= 0.6 is 28.6 Å². The average Bonchev–Trinajstić information content (AvgIpc) is 1.88. The van der Waals surface area contributed by atoms with E-state index >= 15 is 0 Å². The van der Waals surface area contributed by atoms with Gasteiger partial charge in [0.15, 0.2) is 0 Å². The molecule has 1 atom stereocenters. The highest BCUT2D eigenvalue weighted by molar-refractivity contribution is 8.93. The second kappa shape index (κ2) is 4.75. The van der Waals surface area contributed by atoms with Gasteiger partial charge in [-0.05, 0) is 24.6 Å². The third-order valence-corrected chi connectivity index (χ3v) is 1.65. The lowest BCUT2D eigenvalue weighted by Crippen LogP contribution is -2.03. The molecule has 0 amide bonds. The summed E-state index contributed by atoms with van der Waals surface area (Å²) in [6.07, 6.45) is 0. The number of halogens is 2. The maximum Gasteiger partial charge on any atom is 0.0406 e. The third kappa shape index (κ3) is 3.23. The maximum absolute atomic E-state index is 5.68. The van der Waals surface area contributed by atoms with Crippen LogP contribution in [0.15, 0.2) is 24.3 Å². The molecule has 1 aromatic rings. The molecule has 62 valence electrons. The van der Waals surface area contributed by atoms with Crippen LogP contribution in [-0.4, -0.2) is 0 Å². The van der Waals surface area contributed by atoms with Gasteiger partial charge in [0.25, 0.3) is 0 Å². The molecule has 0 fully saturated rings. The van der Waals surface area contributed by atoms with Crippen LogP contribution in [0.3, 0.4) is 0 Å². The second-order valence-corrected chi connectivity index (χ2v) is 2.78. The number of benzene rings is 1. The van der Waals surface area contributed by atoms with Crippen molar-refractivity contribution in [3.8, 4) is 0 Å². The lowest BCUT2D eigenvalue weighted by atomic mass is 10.1. The zero-order chi connectivity index (χ0) is 7.56. The van der Waals surface area contributed by atoms with E-state index in [2.05, 4.69) is 0 Å². The van der Waals surface area contributed by atoms with E-state index in [-0.39, 0.29) is 23.0 Å². The quantitative estimate of drug-likeness (QED) is 0.797. The summed E-state index contributed by atoms with van der Waals surface area (Å²) < 4.78 is 0. The first-order chi connectivity index (χ1) is 4.70. The summed E-state index contributed by atoms with van der Waals surface area (Å²) >= 11 is 5.68. The van der Waals surface area contributed by atoms with E-state index in [1.54, 1.807) is 0 Å². The summed E-state index contributed by atoms with van der Waals surface area (Å²) in [6.45, 7) is 1.95. The fourth-order valence-electron chi connectivity index (χ4n) is 0.766. The van der Waals surface area contributed by atoms with Gasteiger partial charge in [0.1, 0.15) is 0 Å². The molecular weight excluding hydrogens is 225 g/mol. The predicted octanol–water partition coefficient (Wildman–Crippen LogP) is 2.94. The van der Waals surface area contributed by atoms with Crippen LogP contribution in [0, 0.1) is 0 Å². The Kier molecular flexibility index (Phi) is 4.73. The first-order valence-corrected chi connectivity index (χ1v) is 3.59. The van der Waals surface area contributed by atoms with Crippen LogP contribution in [0.4, 0.5) is 0 Å². The van der Waals surface area contributed by atoms with Crippen LogP contribution in [0.1, 0.15) is 18.5 Å². The maximum atomic E-state index is 5.68. The number of nitrogens with two attached hydrogens (primary N) is 1. The zero-order valence-corrected chi connectivity index (χ0v) is 8.72. The Balaban J connectivity index is 0.000001000. The monoisotopic (exact) mass is 235 g/mol. The predicted molar refractivity (Wildman–Crippen MR) is 54.4 cm³/mol. The van der Waals surface area contributed by atoms with Crippen molar-refractivity contribution in [2.75, 3.05) is 0 Å². The fraction of sp³-hybridized carbons (Fsp3) is 0.250. The van der Waals surface area contributed by atoms with E-state index < -0.39 is 0 Å². The summed E-state index contributed by atoms with van der Waals surface area (Å²) in [7, 11) is 0. The molecule has 11 heavy (non-hydrogen) atoms. The van der Waals surface area contributed by atoms with Gasteiger partial charge in [-0.1, -0.05) is 23.7 Å². The summed E-state index contributed by atoms with van der Waals surface area (Å²) in [4.78, 5) is 0. The van der Waals surface area contributed by atoms with Gasteiger partial charge in [0.05, 0.1) is 0 Å². The van der Waals surface area contributed by atoms with E-state index in [0.717, 1.165) is 10.6 Å². The Hall–Kier alpha value is -0.0500. The molecular formula is C8H11BrClN. The minimum Gasteiger partial charge on any atom is -0.324 e. The molecule has 0 aliphatic rings. The molecule has 1 unspecified atom stereocenters. The zero-order valence-electron chi connectivity index (χ0n) is 6.25. The topological polar surface area (TPSA) is 26.0 Å². The van der Waals surface area contributed by atoms with Crippen molar-refractivity contribution < 1.29 is 0 Å². The highest BCUT2D eigenvalue weighted by atomic mass is 79.9. The normalized spacial score (nSPS) is 11.9. The number of hydrogen-bond donors (Lipinski definition) is 1. The molecule has 0 aromatic heterocycles. The Morgan fingerprint density at radius 2 is 1.73 bits per heavy atom. The van der Waals surface area contributed by atoms with E-state index in [0.29, 0.717) is 0 Å². The van der Waals surface area contributed by atoms with Gasteiger partial charge in [-0.15, -0.1) is 17.0 Å². The van der Waals surface area contributed by atoms with Gasteiger partial charge >= 0.3 is 0 Å². The molecule has 0 radical (unpaired) electrons. The first kappa shape index (κ1) is 11.0. The highest BCUT2D eigenvalue weighted by Crippen LogP contribution is 2.13. The van der Waals surface area contributed by atoms with Gasteiger partial charge in [-0.25, -0.2) is 0 Å². The van der Waals surface area contributed by atoms with E-state index in [1.807, 2.05) is 31.2 Å². The molecule has 1 nitrogen and oxygen atoms in total. The van der Waals surface area contributed by atoms with E-state index in [9.17, 15) is 0 Å². The molecule has 3 heteroatoms. The van der Waals surface area contributed by atoms with Crippen molar-refractivity contribution in [3.05, 3.63) is 34.9 Å². The average molecular weight is 237 g/mol. The first-order valence-electron chi connectivity index (χ1n) is 3.21. The van der Waals surface area contributed by atoms with Crippen LogP contribution < -0.4 is 5.73 Å². The Morgan fingerprint density at radius 1 is 1.27 bits per heavy atom. The number of hydrogen-bond acceptors (Lipinski definition) is 1.